The van der Waals surface area contributed by atoms with E-state index in [4.69, 9.17) is 52.1 Å². The summed E-state index contributed by atoms with van der Waals surface area (Å²) in [5, 5.41) is 169. The molecule has 0 aliphatic carbocycles. The van der Waals surface area contributed by atoms with Gasteiger partial charge in [0.05, 0.1) is 38.6 Å². The Kier molecular flexibility index (Phi) is 21.2. The van der Waals surface area contributed by atoms with E-state index in [0.29, 0.717) is 0 Å². The van der Waals surface area contributed by atoms with Crippen LogP contribution in [0.4, 0.5) is 0 Å². The van der Waals surface area contributed by atoms with E-state index in [2.05, 4.69) is 16.0 Å². The van der Waals surface area contributed by atoms with Crippen LogP contribution < -0.4 is 16.0 Å². The predicted molar refractivity (Wildman–Crippen MR) is 231 cm³/mol. The summed E-state index contributed by atoms with van der Waals surface area (Å²) in [6.07, 6.45) is -48.3. The van der Waals surface area contributed by atoms with Crippen molar-refractivity contribution >= 4 is 17.7 Å². The SMILES string of the molecule is CC(=O)N[C@H]1[C@H](O[C@@H]2[C@@H](NC(C)=O)[C@H](OC[C@H]3OC(O)[C@H](NC(C)=O)[C@@H](O[C@@H]4O[C@H](CO)[C@H](O)[C@H](O)[C@H]4O[C@@H]4O[C@@H](C)[C@@H](O)[C@@H](O)[C@@H]4O)[C@H]3O)O[C@H](CO)[C@H]2O[C@@H]2O[C@@H](C)[C@@H](O)[C@@H](O)[C@@H]2O)O[C@H](CO)[C@@H](O)[C@@H]1O. The average molecular weight is 1080 g/mol. The van der Waals surface area contributed by atoms with Gasteiger partial charge in [-0.05, 0) is 13.8 Å². The zero-order chi connectivity index (χ0) is 54.8. The van der Waals surface area contributed by atoms with Gasteiger partial charge in [-0.25, -0.2) is 0 Å². The molecule has 0 bridgehead atoms. The van der Waals surface area contributed by atoms with E-state index in [1.54, 1.807) is 0 Å². The average Bonchev–Trinajstić information content (AvgIpc) is 3.35. The number of nitrogens with one attached hydrogen (secondary N) is 3. The van der Waals surface area contributed by atoms with Crippen molar-refractivity contribution in [3.05, 3.63) is 0 Å². The Hall–Kier alpha value is -2.63. The summed E-state index contributed by atoms with van der Waals surface area (Å²) in [6.45, 7) is 2.06. The monoisotopic (exact) mass is 1080 g/mol. The first-order valence-electron chi connectivity index (χ1n) is 23.8. The molecule has 0 aromatic carbocycles. The highest BCUT2D eigenvalue weighted by molar-refractivity contribution is 5.74. The van der Waals surface area contributed by atoms with Gasteiger partial charge < -0.3 is 145 Å². The summed E-state index contributed by atoms with van der Waals surface area (Å²) in [4.78, 5) is 37.9. The number of aliphatic hydroxyl groups is 15. The number of rotatable bonds is 17. The maximum absolute atomic E-state index is 13.0. The molecule has 0 aromatic heterocycles. The van der Waals surface area contributed by atoms with Crippen LogP contribution in [0.15, 0.2) is 0 Å². The van der Waals surface area contributed by atoms with Gasteiger partial charge in [-0.3, -0.25) is 14.4 Å². The van der Waals surface area contributed by atoms with Crippen LogP contribution in [0.2, 0.25) is 0 Å². The molecule has 6 fully saturated rings. The number of carbonyl (C=O) groups excluding carboxylic acids is 3. The van der Waals surface area contributed by atoms with Crippen LogP contribution in [-0.4, -0.2) is 305 Å². The van der Waals surface area contributed by atoms with Gasteiger partial charge in [-0.15, -0.1) is 0 Å². The molecular formula is C42H71N3O29. The van der Waals surface area contributed by atoms with Crippen molar-refractivity contribution in [2.75, 3.05) is 26.4 Å². The quantitative estimate of drug-likeness (QED) is 0.0643. The van der Waals surface area contributed by atoms with E-state index in [1.807, 2.05) is 0 Å². The number of hydrogen-bond acceptors (Lipinski definition) is 29. The molecule has 6 rings (SSSR count). The number of carbonyl (C=O) groups is 3. The number of aliphatic hydroxyl groups excluding tert-OH is 15. The second kappa shape index (κ2) is 25.9. The van der Waals surface area contributed by atoms with E-state index in [-0.39, 0.29) is 0 Å². The van der Waals surface area contributed by atoms with Crippen molar-refractivity contribution < 1.29 is 143 Å². The minimum Gasteiger partial charge on any atom is -0.394 e. The lowest BCUT2D eigenvalue weighted by atomic mass is 9.93. The Bertz CT molecular complexity index is 1830. The molecule has 3 amide bonds. The smallest absolute Gasteiger partial charge is 0.217 e. The molecular weight excluding hydrogens is 1010 g/mol. The molecule has 1 unspecified atom stereocenters. The van der Waals surface area contributed by atoms with Gasteiger partial charge >= 0.3 is 0 Å². The van der Waals surface area contributed by atoms with Crippen molar-refractivity contribution in [1.29, 1.82) is 0 Å². The fourth-order valence-electron chi connectivity index (χ4n) is 9.49. The standard InChI is InChI=1S/C42H71N3O29/c1-10-22(52)28(58)31(61)40(65-10)71-33-17(8-48)70-38(21(45-14(5)51)35(33)73-39-19(43-12(3)49)27(57)24(54)15(6-46)68-39)64-9-18-26(56)34(20(37(63)67-18)44-13(4)50)72-42-36(30(60)25(55)16(7-47)69-42)74-41-32(62)29(59)23(53)11(2)66-41/h10-11,15-42,46-48,52-63H,6-9H2,1-5H3,(H,43,49)(H,44,50)(H,45,51)/t10-,11-,15+,16+,17+,18+,19+,20+,21+,22+,23+,24+,25-,26-,27+,28+,29+,30-,31-,32-,33+,34+,35+,36+,37?,38+,39-,40-,41-,42-/m0/s1. The Labute approximate surface area is 421 Å². The van der Waals surface area contributed by atoms with Crippen molar-refractivity contribution in [3.8, 4) is 0 Å². The summed E-state index contributed by atoms with van der Waals surface area (Å²) < 4.78 is 64.9. The van der Waals surface area contributed by atoms with Crippen LogP contribution in [-0.2, 0) is 66.5 Å². The minimum absolute atomic E-state index is 0.766. The lowest BCUT2D eigenvalue weighted by molar-refractivity contribution is -0.382. The second-order valence-electron chi connectivity index (χ2n) is 19.0. The van der Waals surface area contributed by atoms with Crippen LogP contribution in [0.1, 0.15) is 34.6 Å². The third-order valence-corrected chi connectivity index (χ3v) is 13.5. The van der Waals surface area contributed by atoms with Gasteiger partial charge in [-0.2, -0.15) is 0 Å². The highest BCUT2D eigenvalue weighted by Gasteiger charge is 2.58. The molecule has 74 heavy (non-hydrogen) atoms. The van der Waals surface area contributed by atoms with Gasteiger partial charge in [0.15, 0.2) is 37.7 Å². The van der Waals surface area contributed by atoms with Crippen LogP contribution in [0.3, 0.4) is 0 Å². The van der Waals surface area contributed by atoms with Crippen LogP contribution in [0.25, 0.3) is 0 Å². The fraction of sp³-hybridized carbons (Fsp3) is 0.929. The molecule has 0 saturated carbocycles. The van der Waals surface area contributed by atoms with Gasteiger partial charge in [-0.1, -0.05) is 0 Å². The van der Waals surface area contributed by atoms with Crippen LogP contribution in [0, 0.1) is 0 Å². The number of ether oxygens (including phenoxy) is 11. The van der Waals surface area contributed by atoms with Crippen molar-refractivity contribution in [2.45, 2.75) is 219 Å². The molecule has 0 spiro atoms. The molecule has 6 saturated heterocycles. The topological polar surface area (TPSA) is 492 Å². The summed E-state index contributed by atoms with van der Waals surface area (Å²) in [5.74, 6) is -2.39. The molecule has 30 atom stereocenters. The molecule has 18 N–H and O–H groups in total. The highest BCUT2D eigenvalue weighted by atomic mass is 16.8. The van der Waals surface area contributed by atoms with Gasteiger partial charge in [0.1, 0.15) is 134 Å². The Morgan fingerprint density at radius 3 is 1.32 bits per heavy atom. The molecule has 32 heteroatoms. The predicted octanol–water partition coefficient (Wildman–Crippen LogP) is -11.6. The summed E-state index contributed by atoms with van der Waals surface area (Å²) in [6, 6.07) is -5.04. The van der Waals surface area contributed by atoms with Crippen molar-refractivity contribution in [3.63, 3.8) is 0 Å². The van der Waals surface area contributed by atoms with Crippen molar-refractivity contribution in [2.24, 2.45) is 0 Å². The first kappa shape index (κ1) is 60.6. The van der Waals surface area contributed by atoms with E-state index >= 15 is 0 Å². The number of hydrogen-bond donors (Lipinski definition) is 18. The van der Waals surface area contributed by atoms with E-state index in [0.717, 1.165) is 20.8 Å². The minimum atomic E-state index is -2.10. The third kappa shape index (κ3) is 13.3. The van der Waals surface area contributed by atoms with Crippen molar-refractivity contribution in [1.82, 2.24) is 16.0 Å². The Morgan fingerprint density at radius 1 is 0.378 bits per heavy atom. The zero-order valence-electron chi connectivity index (χ0n) is 40.6. The third-order valence-electron chi connectivity index (χ3n) is 13.5. The maximum Gasteiger partial charge on any atom is 0.217 e. The largest absolute Gasteiger partial charge is 0.394 e. The molecule has 0 radical (unpaired) electrons. The Morgan fingerprint density at radius 2 is 0.811 bits per heavy atom. The molecule has 6 heterocycles. The molecule has 6 aliphatic heterocycles. The lowest BCUT2D eigenvalue weighted by Gasteiger charge is -2.51. The Balaban J connectivity index is 1.32. The first-order valence-corrected chi connectivity index (χ1v) is 23.8. The van der Waals surface area contributed by atoms with E-state index in [1.165, 1.54) is 13.8 Å². The normalized spacial score (nSPS) is 49.1. The first-order chi connectivity index (χ1) is 34.8. The van der Waals surface area contributed by atoms with Gasteiger partial charge in [0, 0.05) is 20.8 Å². The maximum atomic E-state index is 13.0. The number of amides is 3. The van der Waals surface area contributed by atoms with E-state index < -0.39 is 228 Å². The lowest BCUT2D eigenvalue weighted by Crippen LogP contribution is -2.71. The summed E-state index contributed by atoms with van der Waals surface area (Å²) >= 11 is 0. The molecule has 428 valence electrons. The molecule has 6 aliphatic rings. The summed E-state index contributed by atoms with van der Waals surface area (Å²) in [7, 11) is 0. The van der Waals surface area contributed by atoms with E-state index in [9.17, 15) is 91.0 Å². The molecule has 32 nitrogen and oxygen atoms in total. The summed E-state index contributed by atoms with van der Waals surface area (Å²) in [5.41, 5.74) is 0. The zero-order valence-corrected chi connectivity index (χ0v) is 40.6. The van der Waals surface area contributed by atoms with Gasteiger partial charge in [0.2, 0.25) is 17.7 Å². The molecule has 0 aromatic rings. The fourth-order valence-corrected chi connectivity index (χ4v) is 9.49. The van der Waals surface area contributed by atoms with Gasteiger partial charge in [0.25, 0.3) is 0 Å². The highest BCUT2D eigenvalue weighted by Crippen LogP contribution is 2.37. The second-order valence-corrected chi connectivity index (χ2v) is 19.0. The van der Waals surface area contributed by atoms with Crippen LogP contribution in [0.5, 0.6) is 0 Å². The van der Waals surface area contributed by atoms with Crippen LogP contribution >= 0.6 is 0 Å².